The molecule has 0 radical (unpaired) electrons. The van der Waals surface area contributed by atoms with Crippen LogP contribution in [-0.2, 0) is 12.8 Å². The van der Waals surface area contributed by atoms with E-state index in [1.807, 2.05) is 12.1 Å². The highest BCUT2D eigenvalue weighted by Crippen LogP contribution is 2.55. The van der Waals surface area contributed by atoms with Crippen molar-refractivity contribution in [1.29, 1.82) is 0 Å². The van der Waals surface area contributed by atoms with Crippen molar-refractivity contribution in [3.63, 3.8) is 0 Å². The van der Waals surface area contributed by atoms with Crippen LogP contribution in [0.5, 0.6) is 23.0 Å². The minimum Gasteiger partial charge on any atom is -0.809 e. The number of halogens is 1. The maximum atomic E-state index is 11.9. The molecule has 0 bridgehead atoms. The zero-order chi connectivity index (χ0) is 18.7. The molecule has 2 aromatic carbocycles. The molecule has 6 nitrogen and oxygen atoms in total. The fourth-order valence-electron chi connectivity index (χ4n) is 4.70. The standard InChI is InChI=1S/C20H19ClNO5/c1-24-19-17-12-7-15-14(26-9-27-15)6-10(12)5-13-16(17)11(3-4-22(13)8-23)18(21)20(19)25-2/h6-7,13H,3-5,8-9H2,1-2H3/q-1/p+1/t13-/m0/s1. The van der Waals surface area contributed by atoms with Crippen LogP contribution in [0.15, 0.2) is 12.1 Å². The smallest absolute Gasteiger partial charge is 0.231 e. The molecule has 7 heteroatoms. The topological polar surface area (TPSA) is 64.4 Å². The summed E-state index contributed by atoms with van der Waals surface area (Å²) in [5.74, 6) is 2.62. The van der Waals surface area contributed by atoms with Gasteiger partial charge in [0.1, 0.15) is 6.04 Å². The molecule has 2 aromatic rings. The Bertz CT molecular complexity index is 945. The van der Waals surface area contributed by atoms with E-state index in [-0.39, 0.29) is 19.6 Å². The van der Waals surface area contributed by atoms with Crippen molar-refractivity contribution >= 4 is 11.6 Å². The number of nitrogens with one attached hydrogen (secondary N) is 1. The van der Waals surface area contributed by atoms with E-state index in [4.69, 9.17) is 30.5 Å². The van der Waals surface area contributed by atoms with Gasteiger partial charge in [-0.25, -0.2) is 0 Å². The number of benzene rings is 2. The van der Waals surface area contributed by atoms with E-state index in [0.29, 0.717) is 16.5 Å². The average molecular weight is 390 g/mol. The van der Waals surface area contributed by atoms with E-state index in [1.165, 1.54) is 0 Å². The first-order valence-electron chi connectivity index (χ1n) is 8.99. The Hall–Kier alpha value is -2.15. The third-order valence-corrected chi connectivity index (χ3v) is 6.31. The van der Waals surface area contributed by atoms with Crippen molar-refractivity contribution in [2.24, 2.45) is 0 Å². The predicted octanol–water partition coefficient (Wildman–Crippen LogP) is 1.11. The van der Waals surface area contributed by atoms with Gasteiger partial charge in [0.2, 0.25) is 6.79 Å². The molecule has 0 amide bonds. The van der Waals surface area contributed by atoms with Gasteiger partial charge in [0, 0.05) is 30.7 Å². The summed E-state index contributed by atoms with van der Waals surface area (Å²) in [5.41, 5.74) is 5.30. The Morgan fingerprint density at radius 3 is 2.63 bits per heavy atom. The van der Waals surface area contributed by atoms with Gasteiger partial charge in [-0.3, -0.25) is 0 Å². The SMILES string of the molecule is COc1c(Cl)c2c3c(c1OC)-c1cc4c(cc1C[C@@H]3[NH+](C[O-])CC2)OCO4. The summed E-state index contributed by atoms with van der Waals surface area (Å²) in [4.78, 5) is 1.02. The molecule has 1 unspecified atom stereocenters. The number of methoxy groups -OCH3 is 2. The Morgan fingerprint density at radius 2 is 1.93 bits per heavy atom. The summed E-state index contributed by atoms with van der Waals surface area (Å²) in [6, 6.07) is 4.08. The fraction of sp³-hybridized carbons (Fsp3) is 0.400. The van der Waals surface area contributed by atoms with Crippen LogP contribution in [0.3, 0.4) is 0 Å². The van der Waals surface area contributed by atoms with Gasteiger partial charge in [-0.2, -0.15) is 0 Å². The zero-order valence-corrected chi connectivity index (χ0v) is 15.9. The van der Waals surface area contributed by atoms with Crippen molar-refractivity contribution in [3.8, 4) is 34.1 Å². The Morgan fingerprint density at radius 1 is 1.19 bits per heavy atom. The minimum absolute atomic E-state index is 0.0476. The van der Waals surface area contributed by atoms with Crippen molar-refractivity contribution in [3.05, 3.63) is 33.8 Å². The number of quaternary nitrogens is 1. The summed E-state index contributed by atoms with van der Waals surface area (Å²) in [6.45, 7) is 0.809. The molecule has 142 valence electrons. The Labute approximate surface area is 162 Å². The third kappa shape index (κ3) is 2.27. The molecule has 0 spiro atoms. The maximum Gasteiger partial charge on any atom is 0.231 e. The van der Waals surface area contributed by atoms with E-state index in [9.17, 15) is 5.11 Å². The molecule has 1 aliphatic carbocycles. The van der Waals surface area contributed by atoms with Crippen LogP contribution in [0, 0.1) is 0 Å². The van der Waals surface area contributed by atoms with E-state index in [1.54, 1.807) is 14.2 Å². The van der Waals surface area contributed by atoms with Gasteiger partial charge >= 0.3 is 0 Å². The molecule has 0 saturated carbocycles. The molecule has 5 rings (SSSR count). The highest BCUT2D eigenvalue weighted by atomic mass is 35.5. The highest BCUT2D eigenvalue weighted by Gasteiger charge is 2.41. The lowest BCUT2D eigenvalue weighted by atomic mass is 9.76. The van der Waals surface area contributed by atoms with Gasteiger partial charge in [-0.15, -0.1) is 0 Å². The number of ether oxygens (including phenoxy) is 4. The Balaban J connectivity index is 1.86. The van der Waals surface area contributed by atoms with Gasteiger partial charge < -0.3 is 29.0 Å². The van der Waals surface area contributed by atoms with Crippen LogP contribution < -0.4 is 29.0 Å². The van der Waals surface area contributed by atoms with Crippen molar-refractivity contribution in [2.45, 2.75) is 18.9 Å². The highest BCUT2D eigenvalue weighted by molar-refractivity contribution is 6.33. The molecule has 27 heavy (non-hydrogen) atoms. The lowest BCUT2D eigenvalue weighted by Gasteiger charge is -2.41. The summed E-state index contributed by atoms with van der Waals surface area (Å²) < 4.78 is 22.5. The predicted molar refractivity (Wildman–Crippen MR) is 97.0 cm³/mol. The van der Waals surface area contributed by atoms with Crippen LogP contribution in [0.1, 0.15) is 22.7 Å². The molecule has 2 heterocycles. The van der Waals surface area contributed by atoms with Crippen molar-refractivity contribution < 1.29 is 29.0 Å². The van der Waals surface area contributed by atoms with Crippen LogP contribution in [0.25, 0.3) is 11.1 Å². The van der Waals surface area contributed by atoms with E-state index in [0.717, 1.165) is 63.6 Å². The molecule has 0 fully saturated rings. The zero-order valence-electron chi connectivity index (χ0n) is 15.2. The number of hydrogen-bond acceptors (Lipinski definition) is 5. The third-order valence-electron chi connectivity index (χ3n) is 5.91. The Kier molecular flexibility index (Phi) is 3.89. The van der Waals surface area contributed by atoms with Gasteiger partial charge in [-0.1, -0.05) is 11.6 Å². The maximum absolute atomic E-state index is 11.9. The molecule has 2 aliphatic heterocycles. The molecule has 3 aliphatic rings. The van der Waals surface area contributed by atoms with Crippen LogP contribution >= 0.6 is 11.6 Å². The van der Waals surface area contributed by atoms with Crippen molar-refractivity contribution in [2.75, 3.05) is 34.3 Å². The molecule has 0 saturated heterocycles. The minimum atomic E-state index is -0.171. The number of rotatable bonds is 3. The van der Waals surface area contributed by atoms with Crippen molar-refractivity contribution in [1.82, 2.24) is 0 Å². The second-order valence-corrected chi connectivity index (χ2v) is 7.45. The first-order valence-corrected chi connectivity index (χ1v) is 9.37. The van der Waals surface area contributed by atoms with E-state index in [2.05, 4.69) is 0 Å². The largest absolute Gasteiger partial charge is 0.809 e. The van der Waals surface area contributed by atoms with Gasteiger partial charge in [0.25, 0.3) is 0 Å². The first kappa shape index (κ1) is 17.0. The van der Waals surface area contributed by atoms with E-state index >= 15 is 0 Å². The van der Waals surface area contributed by atoms with Gasteiger partial charge in [0.15, 0.2) is 23.0 Å². The van der Waals surface area contributed by atoms with Gasteiger partial charge in [-0.05, 0) is 28.8 Å². The number of hydrogen-bond donors (Lipinski definition) is 1. The fourth-order valence-corrected chi connectivity index (χ4v) is 5.06. The quantitative estimate of drug-likeness (QED) is 0.852. The second-order valence-electron chi connectivity index (χ2n) is 7.07. The molecular formula is C20H20ClNO5. The molecule has 2 atom stereocenters. The summed E-state index contributed by atoms with van der Waals surface area (Å²) in [6.07, 6.45) is 1.50. The van der Waals surface area contributed by atoms with Crippen LogP contribution in [0.2, 0.25) is 5.02 Å². The van der Waals surface area contributed by atoms with E-state index < -0.39 is 0 Å². The first-order chi connectivity index (χ1) is 13.2. The average Bonchev–Trinajstić information content (AvgIpc) is 3.14. The van der Waals surface area contributed by atoms with Crippen LogP contribution in [-0.4, -0.2) is 34.3 Å². The number of fused-ring (bicyclic) bond motifs is 3. The lowest BCUT2D eigenvalue weighted by molar-refractivity contribution is -0.989. The lowest BCUT2D eigenvalue weighted by Crippen LogP contribution is -3.15. The van der Waals surface area contributed by atoms with Crippen LogP contribution in [0.4, 0.5) is 0 Å². The molecular weight excluding hydrogens is 370 g/mol. The van der Waals surface area contributed by atoms with Gasteiger partial charge in [0.05, 0.1) is 25.8 Å². The summed E-state index contributed by atoms with van der Waals surface area (Å²) >= 11 is 6.70. The monoisotopic (exact) mass is 389 g/mol. The molecule has 1 N–H and O–H groups in total. The summed E-state index contributed by atoms with van der Waals surface area (Å²) in [5, 5.41) is 12.5. The molecule has 0 aromatic heterocycles. The second kappa shape index (κ2) is 6.19. The normalized spacial score (nSPS) is 21.5. The summed E-state index contributed by atoms with van der Waals surface area (Å²) in [7, 11) is 3.22.